The number of aliphatic hydroxyl groups is 1. The molecule has 4 rings (SSSR count). The minimum Gasteiger partial charge on any atom is -0.469 e. The van der Waals surface area contributed by atoms with E-state index in [9.17, 15) is 9.90 Å². The van der Waals surface area contributed by atoms with E-state index < -0.39 is 0 Å². The number of hydrogen-bond donors (Lipinski definition) is 2. The van der Waals surface area contributed by atoms with Gasteiger partial charge in [0.15, 0.2) is 0 Å². The predicted molar refractivity (Wildman–Crippen MR) is 92.1 cm³/mol. The molecule has 1 aliphatic heterocycles. The Morgan fingerprint density at radius 2 is 1.92 bits per heavy atom. The molecule has 1 saturated carbocycles. The summed E-state index contributed by atoms with van der Waals surface area (Å²) in [5.41, 5.74) is 1.96. The number of benzene rings is 1. The Bertz CT molecular complexity index is 688. The van der Waals surface area contributed by atoms with Crippen molar-refractivity contribution in [3.63, 3.8) is 0 Å². The number of amides is 1. The second kappa shape index (κ2) is 6.32. The van der Waals surface area contributed by atoms with Crippen molar-refractivity contribution in [2.75, 3.05) is 23.3 Å². The number of furan rings is 1. The Kier molecular flexibility index (Phi) is 4.02. The highest BCUT2D eigenvalue weighted by molar-refractivity contribution is 5.95. The van der Waals surface area contributed by atoms with E-state index in [2.05, 4.69) is 10.2 Å². The van der Waals surface area contributed by atoms with E-state index in [4.69, 9.17) is 4.42 Å². The number of piperidine rings is 1. The first-order valence-electron chi connectivity index (χ1n) is 8.58. The molecule has 2 aromatic rings. The van der Waals surface area contributed by atoms with Crippen molar-refractivity contribution in [2.45, 2.75) is 31.3 Å². The van der Waals surface area contributed by atoms with Crippen LogP contribution < -0.4 is 10.2 Å². The molecule has 1 aromatic heterocycles. The summed E-state index contributed by atoms with van der Waals surface area (Å²) >= 11 is 0. The number of nitrogens with zero attached hydrogens (tertiary/aromatic N) is 1. The third-order valence-electron chi connectivity index (χ3n) is 5.00. The molecule has 1 saturated heterocycles. The number of carbonyl (C=O) groups is 1. The first kappa shape index (κ1) is 15.3. The van der Waals surface area contributed by atoms with Crippen LogP contribution in [0.3, 0.4) is 0 Å². The smallest absolute Gasteiger partial charge is 0.228 e. The molecular formula is C19H22N2O3. The molecule has 2 N–H and O–H groups in total. The van der Waals surface area contributed by atoms with Gasteiger partial charge in [-0.15, -0.1) is 0 Å². The van der Waals surface area contributed by atoms with E-state index in [1.807, 2.05) is 36.4 Å². The van der Waals surface area contributed by atoms with Crippen LogP contribution in [0.4, 0.5) is 11.4 Å². The SMILES string of the molecule is O=C(Nc1ccc(N2CCC(O)CC2)cc1)[C@@H]1C[C@H]1c1ccco1. The zero-order valence-electron chi connectivity index (χ0n) is 13.5. The highest BCUT2D eigenvalue weighted by Crippen LogP contribution is 2.48. The average molecular weight is 326 g/mol. The Morgan fingerprint density at radius 1 is 1.17 bits per heavy atom. The molecule has 1 aromatic carbocycles. The van der Waals surface area contributed by atoms with E-state index >= 15 is 0 Å². The van der Waals surface area contributed by atoms with Crippen LogP contribution >= 0.6 is 0 Å². The highest BCUT2D eigenvalue weighted by Gasteiger charge is 2.45. The van der Waals surface area contributed by atoms with E-state index in [-0.39, 0.29) is 23.8 Å². The fraction of sp³-hybridized carbons (Fsp3) is 0.421. The summed E-state index contributed by atoms with van der Waals surface area (Å²) in [6, 6.07) is 11.8. The molecule has 24 heavy (non-hydrogen) atoms. The lowest BCUT2D eigenvalue weighted by Crippen LogP contribution is -2.35. The van der Waals surface area contributed by atoms with Crippen molar-refractivity contribution in [3.05, 3.63) is 48.4 Å². The van der Waals surface area contributed by atoms with E-state index in [0.717, 1.165) is 49.5 Å². The quantitative estimate of drug-likeness (QED) is 0.906. The average Bonchev–Trinajstić information content (AvgIpc) is 3.22. The second-order valence-electron chi connectivity index (χ2n) is 6.72. The van der Waals surface area contributed by atoms with Gasteiger partial charge in [-0.1, -0.05) is 0 Å². The number of rotatable bonds is 4. The van der Waals surface area contributed by atoms with Crippen LogP contribution in [0, 0.1) is 5.92 Å². The van der Waals surface area contributed by atoms with Crippen molar-refractivity contribution in [1.29, 1.82) is 0 Å². The van der Waals surface area contributed by atoms with Crippen LogP contribution in [0.1, 0.15) is 30.9 Å². The van der Waals surface area contributed by atoms with E-state index in [1.54, 1.807) is 6.26 Å². The first-order chi connectivity index (χ1) is 11.7. The minimum absolute atomic E-state index is 0.0133. The van der Waals surface area contributed by atoms with Gasteiger partial charge in [0.1, 0.15) is 5.76 Å². The van der Waals surface area contributed by atoms with Crippen molar-refractivity contribution >= 4 is 17.3 Å². The molecule has 0 radical (unpaired) electrons. The molecule has 2 heterocycles. The van der Waals surface area contributed by atoms with Crippen LogP contribution in [-0.4, -0.2) is 30.2 Å². The zero-order chi connectivity index (χ0) is 16.5. The fourth-order valence-corrected chi connectivity index (χ4v) is 3.42. The molecule has 2 atom stereocenters. The largest absolute Gasteiger partial charge is 0.469 e. The highest BCUT2D eigenvalue weighted by atomic mass is 16.3. The lowest BCUT2D eigenvalue weighted by atomic mass is 10.1. The number of hydrogen-bond acceptors (Lipinski definition) is 4. The summed E-state index contributed by atoms with van der Waals surface area (Å²) in [5.74, 6) is 1.20. The molecule has 5 heteroatoms. The molecule has 1 aliphatic carbocycles. The molecule has 0 bridgehead atoms. The van der Waals surface area contributed by atoms with Crippen molar-refractivity contribution in [2.24, 2.45) is 5.92 Å². The van der Waals surface area contributed by atoms with Gasteiger partial charge in [-0.25, -0.2) is 0 Å². The van der Waals surface area contributed by atoms with Gasteiger partial charge in [-0.2, -0.15) is 0 Å². The van der Waals surface area contributed by atoms with Gasteiger partial charge < -0.3 is 19.7 Å². The number of nitrogens with one attached hydrogen (secondary N) is 1. The van der Waals surface area contributed by atoms with Crippen LogP contribution in [-0.2, 0) is 4.79 Å². The maximum Gasteiger partial charge on any atom is 0.228 e. The normalized spacial score (nSPS) is 24.0. The number of anilines is 2. The maximum absolute atomic E-state index is 12.3. The van der Waals surface area contributed by atoms with Gasteiger partial charge >= 0.3 is 0 Å². The van der Waals surface area contributed by atoms with Gasteiger partial charge in [-0.3, -0.25) is 4.79 Å². The Balaban J connectivity index is 1.33. The lowest BCUT2D eigenvalue weighted by molar-refractivity contribution is -0.117. The summed E-state index contributed by atoms with van der Waals surface area (Å²) in [4.78, 5) is 14.6. The van der Waals surface area contributed by atoms with Crippen LogP contribution in [0.5, 0.6) is 0 Å². The third-order valence-corrected chi connectivity index (χ3v) is 5.00. The summed E-state index contributed by atoms with van der Waals surface area (Å²) in [6.45, 7) is 1.75. The number of aliphatic hydroxyl groups excluding tert-OH is 1. The molecule has 126 valence electrons. The molecule has 0 unspecified atom stereocenters. The minimum atomic E-state index is -0.166. The maximum atomic E-state index is 12.3. The molecule has 0 spiro atoms. The molecule has 5 nitrogen and oxygen atoms in total. The zero-order valence-corrected chi connectivity index (χ0v) is 13.5. The molecule has 2 aliphatic rings. The van der Waals surface area contributed by atoms with Gasteiger partial charge in [0.05, 0.1) is 12.4 Å². The van der Waals surface area contributed by atoms with Gasteiger partial charge in [0, 0.05) is 36.3 Å². The van der Waals surface area contributed by atoms with Crippen molar-refractivity contribution < 1.29 is 14.3 Å². The second-order valence-corrected chi connectivity index (χ2v) is 6.72. The standard InChI is InChI=1S/C19H22N2O3/c22-15-7-9-21(10-8-15)14-5-3-13(4-6-14)20-19(23)17-12-16(17)18-2-1-11-24-18/h1-6,11,15-17,22H,7-10,12H2,(H,20,23)/t16-,17-/m1/s1. The van der Waals surface area contributed by atoms with Gasteiger partial charge in [0.2, 0.25) is 5.91 Å². The molecular weight excluding hydrogens is 304 g/mol. The van der Waals surface area contributed by atoms with Crippen molar-refractivity contribution in [1.82, 2.24) is 0 Å². The van der Waals surface area contributed by atoms with Crippen LogP contribution in [0.2, 0.25) is 0 Å². The Labute approximate surface area is 141 Å². The van der Waals surface area contributed by atoms with Crippen molar-refractivity contribution in [3.8, 4) is 0 Å². The summed E-state index contributed by atoms with van der Waals surface area (Å²) in [6.07, 6.45) is 3.97. The summed E-state index contributed by atoms with van der Waals surface area (Å²) in [7, 11) is 0. The summed E-state index contributed by atoms with van der Waals surface area (Å²) < 4.78 is 5.38. The summed E-state index contributed by atoms with van der Waals surface area (Å²) in [5, 5.41) is 12.6. The lowest BCUT2D eigenvalue weighted by Gasteiger charge is -2.31. The molecule has 2 fully saturated rings. The van der Waals surface area contributed by atoms with Gasteiger partial charge in [0.25, 0.3) is 0 Å². The first-order valence-corrected chi connectivity index (χ1v) is 8.58. The van der Waals surface area contributed by atoms with E-state index in [0.29, 0.717) is 0 Å². The monoisotopic (exact) mass is 326 g/mol. The predicted octanol–water partition coefficient (Wildman–Crippen LogP) is 2.98. The number of carbonyl (C=O) groups excluding carboxylic acids is 1. The third kappa shape index (κ3) is 3.17. The Morgan fingerprint density at radius 3 is 2.58 bits per heavy atom. The van der Waals surface area contributed by atoms with Gasteiger partial charge in [-0.05, 0) is 55.7 Å². The molecule has 1 amide bonds. The van der Waals surface area contributed by atoms with Crippen LogP contribution in [0.15, 0.2) is 47.1 Å². The fourth-order valence-electron chi connectivity index (χ4n) is 3.42. The Hall–Kier alpha value is -2.27. The topological polar surface area (TPSA) is 65.7 Å². The van der Waals surface area contributed by atoms with E-state index in [1.165, 1.54) is 0 Å². The van der Waals surface area contributed by atoms with Crippen LogP contribution in [0.25, 0.3) is 0 Å².